The zero-order valence-corrected chi connectivity index (χ0v) is 11.1. The smallest absolute Gasteiger partial charge is 0.336 e. The lowest BCUT2D eigenvalue weighted by Gasteiger charge is -2.09. The van der Waals surface area contributed by atoms with Crippen LogP contribution in [0.4, 0.5) is 10.5 Å². The van der Waals surface area contributed by atoms with E-state index in [1.165, 1.54) is 6.07 Å². The molecule has 0 aliphatic heterocycles. The van der Waals surface area contributed by atoms with Crippen molar-refractivity contribution in [3.63, 3.8) is 0 Å². The summed E-state index contributed by atoms with van der Waals surface area (Å²) in [6.07, 6.45) is 0.658. The van der Waals surface area contributed by atoms with Crippen molar-refractivity contribution < 1.29 is 19.5 Å². The molecule has 0 spiro atoms. The Bertz CT molecular complexity index is 528. The van der Waals surface area contributed by atoms with Crippen LogP contribution in [-0.4, -0.2) is 29.6 Å². The third-order valence-corrected chi connectivity index (χ3v) is 2.61. The maximum Gasteiger partial charge on any atom is 0.336 e. The van der Waals surface area contributed by atoms with Crippen molar-refractivity contribution >= 4 is 23.6 Å². The van der Waals surface area contributed by atoms with Crippen LogP contribution in [0.15, 0.2) is 18.2 Å². The number of nitrogens with one attached hydrogen (secondary N) is 2. The highest BCUT2D eigenvalue weighted by Gasteiger charge is 2.09. The maximum atomic E-state index is 11.5. The van der Waals surface area contributed by atoms with Crippen molar-refractivity contribution in [2.45, 2.75) is 19.8 Å². The first-order chi connectivity index (χ1) is 9.40. The molecule has 3 amide bonds. The van der Waals surface area contributed by atoms with Crippen molar-refractivity contribution in [3.8, 4) is 0 Å². The van der Waals surface area contributed by atoms with Gasteiger partial charge in [-0.15, -0.1) is 0 Å². The minimum Gasteiger partial charge on any atom is -0.478 e. The summed E-state index contributed by atoms with van der Waals surface area (Å²) >= 11 is 0. The Morgan fingerprint density at radius 2 is 2.00 bits per heavy atom. The van der Waals surface area contributed by atoms with Crippen LogP contribution < -0.4 is 16.4 Å². The molecule has 0 unspecified atom stereocenters. The van der Waals surface area contributed by atoms with Gasteiger partial charge in [-0.05, 0) is 31.0 Å². The van der Waals surface area contributed by atoms with Crippen molar-refractivity contribution in [2.24, 2.45) is 5.73 Å². The summed E-state index contributed by atoms with van der Waals surface area (Å²) in [6, 6.07) is 4.16. The van der Waals surface area contributed by atoms with Gasteiger partial charge in [0.05, 0.1) is 5.56 Å². The number of hydrogen-bond donors (Lipinski definition) is 4. The Hall–Kier alpha value is -2.57. The van der Waals surface area contributed by atoms with E-state index in [9.17, 15) is 14.4 Å². The second-order valence-electron chi connectivity index (χ2n) is 4.29. The second-order valence-corrected chi connectivity index (χ2v) is 4.29. The number of primary amides is 1. The topological polar surface area (TPSA) is 122 Å². The largest absolute Gasteiger partial charge is 0.478 e. The number of amides is 3. The highest BCUT2D eigenvalue weighted by Crippen LogP contribution is 2.15. The molecule has 7 nitrogen and oxygen atoms in total. The van der Waals surface area contributed by atoms with Gasteiger partial charge in [-0.25, -0.2) is 9.59 Å². The summed E-state index contributed by atoms with van der Waals surface area (Å²) < 4.78 is 0. The number of carbonyl (C=O) groups is 3. The fraction of sp³-hybridized carbons (Fsp3) is 0.308. The van der Waals surface area contributed by atoms with Gasteiger partial charge in [-0.1, -0.05) is 6.07 Å². The van der Waals surface area contributed by atoms with E-state index >= 15 is 0 Å². The van der Waals surface area contributed by atoms with Crippen LogP contribution in [0.25, 0.3) is 0 Å². The van der Waals surface area contributed by atoms with Gasteiger partial charge in [0.1, 0.15) is 0 Å². The Labute approximate surface area is 116 Å². The predicted molar refractivity (Wildman–Crippen MR) is 73.6 cm³/mol. The molecule has 5 N–H and O–H groups in total. The van der Waals surface area contributed by atoms with Gasteiger partial charge in [0, 0.05) is 18.7 Å². The summed E-state index contributed by atoms with van der Waals surface area (Å²) in [5, 5.41) is 14.0. The van der Waals surface area contributed by atoms with E-state index < -0.39 is 17.9 Å². The van der Waals surface area contributed by atoms with E-state index in [2.05, 4.69) is 10.6 Å². The Balaban J connectivity index is 2.52. The number of carbonyl (C=O) groups excluding carboxylic acids is 2. The van der Waals surface area contributed by atoms with Crippen LogP contribution in [0.2, 0.25) is 0 Å². The third-order valence-electron chi connectivity index (χ3n) is 2.61. The Morgan fingerprint density at radius 1 is 1.30 bits per heavy atom. The number of benzene rings is 1. The summed E-state index contributed by atoms with van der Waals surface area (Å²) in [5.74, 6) is -1.47. The number of anilines is 1. The molecule has 0 bridgehead atoms. The van der Waals surface area contributed by atoms with E-state index in [1.54, 1.807) is 19.1 Å². The first-order valence-corrected chi connectivity index (χ1v) is 6.07. The van der Waals surface area contributed by atoms with E-state index in [1.807, 2.05) is 0 Å². The molecule has 1 aromatic rings. The van der Waals surface area contributed by atoms with Crippen LogP contribution in [0.3, 0.4) is 0 Å². The molecule has 108 valence electrons. The summed E-state index contributed by atoms with van der Waals surface area (Å²) in [7, 11) is 0. The van der Waals surface area contributed by atoms with Gasteiger partial charge in [0.15, 0.2) is 0 Å². The number of rotatable bonds is 6. The first kappa shape index (κ1) is 15.5. The number of aromatic carboxylic acids is 1. The molecule has 0 aliphatic carbocycles. The van der Waals surface area contributed by atoms with E-state index in [4.69, 9.17) is 10.8 Å². The second kappa shape index (κ2) is 7.13. The van der Waals surface area contributed by atoms with Gasteiger partial charge in [-0.3, -0.25) is 4.79 Å². The number of urea groups is 1. The molecular formula is C13H17N3O4. The minimum atomic E-state index is -1.05. The SMILES string of the molecule is Cc1ccc(NC(=O)NCCCC(N)=O)cc1C(=O)O. The zero-order chi connectivity index (χ0) is 15.1. The molecule has 0 atom stereocenters. The average Bonchev–Trinajstić information content (AvgIpc) is 2.36. The molecule has 1 rings (SSSR count). The average molecular weight is 279 g/mol. The lowest BCUT2D eigenvalue weighted by Crippen LogP contribution is -2.30. The molecule has 0 fully saturated rings. The lowest BCUT2D eigenvalue weighted by molar-refractivity contribution is -0.118. The van der Waals surface area contributed by atoms with E-state index in [0.29, 0.717) is 24.2 Å². The van der Waals surface area contributed by atoms with Crippen LogP contribution in [0.5, 0.6) is 0 Å². The van der Waals surface area contributed by atoms with Gasteiger partial charge in [0.2, 0.25) is 5.91 Å². The highest BCUT2D eigenvalue weighted by molar-refractivity contribution is 5.94. The third kappa shape index (κ3) is 4.97. The monoisotopic (exact) mass is 279 g/mol. The highest BCUT2D eigenvalue weighted by atomic mass is 16.4. The van der Waals surface area contributed by atoms with Gasteiger partial charge >= 0.3 is 12.0 Å². The number of hydrogen-bond acceptors (Lipinski definition) is 3. The number of carboxylic acids is 1. The van der Waals surface area contributed by atoms with Crippen LogP contribution in [0, 0.1) is 6.92 Å². The van der Waals surface area contributed by atoms with Crippen molar-refractivity contribution in [3.05, 3.63) is 29.3 Å². The molecule has 0 heterocycles. The van der Waals surface area contributed by atoms with Crippen molar-refractivity contribution in [1.29, 1.82) is 0 Å². The predicted octanol–water partition coefficient (Wildman–Crippen LogP) is 1.08. The van der Waals surface area contributed by atoms with Crippen LogP contribution in [-0.2, 0) is 4.79 Å². The van der Waals surface area contributed by atoms with E-state index in [0.717, 1.165) is 0 Å². The number of nitrogens with two attached hydrogens (primary N) is 1. The normalized spacial score (nSPS) is 9.85. The molecule has 0 saturated carbocycles. The Kier molecular flexibility index (Phi) is 5.52. The summed E-state index contributed by atoms with van der Waals surface area (Å²) in [5.41, 5.74) is 6.11. The summed E-state index contributed by atoms with van der Waals surface area (Å²) in [4.78, 5) is 33.0. The van der Waals surface area contributed by atoms with Crippen molar-refractivity contribution in [2.75, 3.05) is 11.9 Å². The quantitative estimate of drug-likeness (QED) is 0.582. The molecule has 0 aliphatic rings. The molecule has 0 aromatic heterocycles. The summed E-state index contributed by atoms with van der Waals surface area (Å²) in [6.45, 7) is 1.99. The van der Waals surface area contributed by atoms with Gasteiger partial charge in [0.25, 0.3) is 0 Å². The van der Waals surface area contributed by atoms with Crippen LogP contribution >= 0.6 is 0 Å². The maximum absolute atomic E-state index is 11.5. The number of carboxylic acid groups (broad SMARTS) is 1. The lowest BCUT2D eigenvalue weighted by atomic mass is 10.1. The molecular weight excluding hydrogens is 262 g/mol. The van der Waals surface area contributed by atoms with Crippen LogP contribution in [0.1, 0.15) is 28.8 Å². The Morgan fingerprint density at radius 3 is 2.60 bits per heavy atom. The molecule has 7 heteroatoms. The zero-order valence-electron chi connectivity index (χ0n) is 11.1. The van der Waals surface area contributed by atoms with Gasteiger partial charge < -0.3 is 21.5 Å². The standard InChI is InChI=1S/C13H17N3O4/c1-8-4-5-9(7-10(8)12(18)19)16-13(20)15-6-2-3-11(14)17/h4-5,7H,2-3,6H2,1H3,(H2,14,17)(H,18,19)(H2,15,16,20). The molecule has 0 saturated heterocycles. The first-order valence-electron chi connectivity index (χ1n) is 6.07. The van der Waals surface area contributed by atoms with Crippen molar-refractivity contribution in [1.82, 2.24) is 5.32 Å². The fourth-order valence-electron chi connectivity index (χ4n) is 1.57. The molecule has 0 radical (unpaired) electrons. The molecule has 20 heavy (non-hydrogen) atoms. The number of aryl methyl sites for hydroxylation is 1. The van der Waals surface area contributed by atoms with E-state index in [-0.39, 0.29) is 12.0 Å². The van der Waals surface area contributed by atoms with Gasteiger partial charge in [-0.2, -0.15) is 0 Å². The fourth-order valence-corrected chi connectivity index (χ4v) is 1.57. The minimum absolute atomic E-state index is 0.136. The molecule has 1 aromatic carbocycles.